The minimum absolute atomic E-state index is 0. The van der Waals surface area contributed by atoms with Gasteiger partial charge in [0.05, 0.1) is 0 Å². The van der Waals surface area contributed by atoms with Gasteiger partial charge >= 0.3 is 91.9 Å². The van der Waals surface area contributed by atoms with Gasteiger partial charge in [0.15, 0.2) is 0 Å². The van der Waals surface area contributed by atoms with Crippen molar-refractivity contribution in [3.8, 4) is 0 Å². The molecule has 0 atom stereocenters. The van der Waals surface area contributed by atoms with Crippen LogP contribution in [0.15, 0.2) is 29.2 Å². The molecule has 5 nitrogen and oxygen atoms in total. The van der Waals surface area contributed by atoms with Crippen LogP contribution in [0.4, 0.5) is 0 Å². The Balaban J connectivity index is 0. The fourth-order valence-corrected chi connectivity index (χ4v) is 2.74. The van der Waals surface area contributed by atoms with Crippen LogP contribution in [0, 0.1) is 0 Å². The maximum atomic E-state index is 11.9. The van der Waals surface area contributed by atoms with Crippen LogP contribution in [-0.4, -0.2) is 32.8 Å². The Morgan fingerprint density at radius 2 is 1.59 bits per heavy atom. The van der Waals surface area contributed by atoms with Crippen molar-refractivity contribution in [2.45, 2.75) is 31.2 Å². The van der Waals surface area contributed by atoms with Gasteiger partial charge in [-0.15, -0.1) is 0 Å². The number of rotatable bonds is 2. The molecule has 17 heavy (non-hydrogen) atoms. The van der Waals surface area contributed by atoms with Gasteiger partial charge in [0, 0.05) is 0 Å². The molecule has 0 amide bonds. The first-order valence-electron chi connectivity index (χ1n) is 4.61. The summed E-state index contributed by atoms with van der Waals surface area (Å²) in [7, 11) is 2.08. The SMILES string of the molecule is [B+2]c1ccccc1S(=O)(=O)NC(C)(C)C.[OH-].[OH-]. The molecule has 0 aliphatic heterocycles. The van der Waals surface area contributed by atoms with E-state index in [9.17, 15) is 8.42 Å². The maximum absolute atomic E-state index is 11.9. The maximum Gasteiger partial charge on any atom is -0.870 e. The molecule has 0 heterocycles. The minimum Gasteiger partial charge on any atom is -0.870 e. The summed E-state index contributed by atoms with van der Waals surface area (Å²) in [6.07, 6.45) is 0. The van der Waals surface area contributed by atoms with Crippen LogP contribution < -0.4 is 10.2 Å². The molecule has 1 aromatic carbocycles. The molecule has 0 aromatic heterocycles. The number of benzene rings is 1. The molecule has 0 saturated heterocycles. The van der Waals surface area contributed by atoms with E-state index in [0.29, 0.717) is 0 Å². The largest absolute Gasteiger partial charge is 0.870 e. The van der Waals surface area contributed by atoms with Crippen molar-refractivity contribution in [3.63, 3.8) is 0 Å². The third kappa shape index (κ3) is 5.32. The number of hydrogen-bond donors (Lipinski definition) is 1. The first-order chi connectivity index (χ1) is 6.72. The predicted molar refractivity (Wildman–Crippen MR) is 65.8 cm³/mol. The molecule has 1 rings (SSSR count). The van der Waals surface area contributed by atoms with Gasteiger partial charge in [0.25, 0.3) is 0 Å². The summed E-state index contributed by atoms with van der Waals surface area (Å²) >= 11 is 0. The molecule has 94 valence electrons. The van der Waals surface area contributed by atoms with Crippen LogP contribution in [-0.2, 0) is 10.0 Å². The van der Waals surface area contributed by atoms with Gasteiger partial charge in [0.1, 0.15) is 0 Å². The van der Waals surface area contributed by atoms with Gasteiger partial charge in [-0.25, -0.2) is 0 Å². The van der Waals surface area contributed by atoms with Crippen molar-refractivity contribution in [1.82, 2.24) is 4.72 Å². The zero-order valence-electron chi connectivity index (χ0n) is 10.0. The first kappa shape index (κ1) is 18.5. The number of sulfonamides is 1. The molecule has 0 fully saturated rings. The molecule has 1 aromatic rings. The minimum atomic E-state index is -3.52. The molecular weight excluding hydrogens is 241 g/mol. The van der Waals surface area contributed by atoms with E-state index < -0.39 is 15.6 Å². The molecule has 0 radical (unpaired) electrons. The second-order valence-corrected chi connectivity index (χ2v) is 6.04. The van der Waals surface area contributed by atoms with Gasteiger partial charge in [-0.3, -0.25) is 0 Å². The van der Waals surface area contributed by atoms with Crippen molar-refractivity contribution in [3.05, 3.63) is 24.3 Å². The van der Waals surface area contributed by atoms with Crippen molar-refractivity contribution < 1.29 is 19.4 Å². The van der Waals surface area contributed by atoms with Crippen molar-refractivity contribution in [1.29, 1.82) is 0 Å². The number of hydrogen-bond acceptors (Lipinski definition) is 4. The third-order valence-electron chi connectivity index (χ3n) is 1.65. The molecule has 0 saturated carbocycles. The molecule has 0 bridgehead atoms. The molecule has 0 aliphatic rings. The molecule has 0 unspecified atom stereocenters. The molecule has 0 spiro atoms. The standard InChI is InChI=1S/C10H14BNO2S.2H2O/c1-10(2,3)12-15(13,14)9-7-5-4-6-8(9)11;;/h4-7,12H,1-3H3;2*1H2/q+2;;/p-2. The van der Waals surface area contributed by atoms with Crippen molar-refractivity contribution in [2.75, 3.05) is 0 Å². The Kier molecular flexibility index (Phi) is 6.69. The predicted octanol–water partition coefficient (Wildman–Crippen LogP) is 0.204. The topological polar surface area (TPSA) is 106 Å². The van der Waals surface area contributed by atoms with Crippen LogP contribution in [0.25, 0.3) is 0 Å². The molecule has 0 aliphatic carbocycles. The van der Waals surface area contributed by atoms with E-state index in [0.717, 1.165) is 0 Å². The zero-order valence-corrected chi connectivity index (χ0v) is 10.8. The summed E-state index contributed by atoms with van der Waals surface area (Å²) in [5.74, 6) is 0. The molecule has 7 heteroatoms. The fourth-order valence-electron chi connectivity index (χ4n) is 1.18. The van der Waals surface area contributed by atoms with Crippen LogP contribution in [0.5, 0.6) is 0 Å². The Labute approximate surface area is 103 Å². The average Bonchev–Trinajstić information content (AvgIpc) is 1.99. The molecular formula is C10H16BNO4S. The average molecular weight is 257 g/mol. The van der Waals surface area contributed by atoms with Gasteiger partial charge < -0.3 is 11.0 Å². The van der Waals surface area contributed by atoms with Crippen LogP contribution in [0.1, 0.15) is 20.8 Å². The monoisotopic (exact) mass is 257 g/mol. The first-order valence-corrected chi connectivity index (χ1v) is 6.09. The van der Waals surface area contributed by atoms with Crippen molar-refractivity contribution >= 4 is 23.3 Å². The van der Waals surface area contributed by atoms with Crippen LogP contribution in [0.2, 0.25) is 0 Å². The van der Waals surface area contributed by atoms with E-state index in [4.69, 9.17) is 7.85 Å². The van der Waals surface area contributed by atoms with E-state index in [1.807, 2.05) is 0 Å². The Morgan fingerprint density at radius 3 is 2.00 bits per heavy atom. The quantitative estimate of drug-likeness (QED) is 0.764. The van der Waals surface area contributed by atoms with E-state index in [1.54, 1.807) is 39.0 Å². The van der Waals surface area contributed by atoms with Gasteiger partial charge in [-0.1, -0.05) is 0 Å². The summed E-state index contributed by atoms with van der Waals surface area (Å²) in [6, 6.07) is 6.40. The summed E-state index contributed by atoms with van der Waals surface area (Å²) < 4.78 is 26.3. The Bertz CT molecular complexity index is 454. The normalized spacial score (nSPS) is 11.4. The van der Waals surface area contributed by atoms with Crippen molar-refractivity contribution in [2.24, 2.45) is 0 Å². The Morgan fingerprint density at radius 1 is 1.12 bits per heavy atom. The smallest absolute Gasteiger partial charge is 0.870 e. The summed E-state index contributed by atoms with van der Waals surface area (Å²) in [6.45, 7) is 5.34. The second kappa shape index (κ2) is 6.16. The number of nitrogens with one attached hydrogen (secondary N) is 1. The van der Waals surface area contributed by atoms with Gasteiger partial charge in [-0.05, 0) is 0 Å². The second-order valence-electron chi connectivity index (χ2n) is 4.39. The summed E-state index contributed by atoms with van der Waals surface area (Å²) in [4.78, 5) is 0.125. The summed E-state index contributed by atoms with van der Waals surface area (Å²) in [5, 5.41) is 0. The summed E-state index contributed by atoms with van der Waals surface area (Å²) in [5.41, 5.74) is -0.254. The van der Waals surface area contributed by atoms with E-state index in [1.165, 1.54) is 6.07 Å². The van der Waals surface area contributed by atoms with Crippen LogP contribution in [0.3, 0.4) is 0 Å². The van der Waals surface area contributed by atoms with E-state index >= 15 is 0 Å². The van der Waals surface area contributed by atoms with E-state index in [2.05, 4.69) is 4.72 Å². The fraction of sp³-hybridized carbons (Fsp3) is 0.400. The van der Waals surface area contributed by atoms with Gasteiger partial charge in [0.2, 0.25) is 0 Å². The van der Waals surface area contributed by atoms with Gasteiger partial charge in [-0.2, -0.15) is 0 Å². The molecule has 3 N–H and O–H groups in total. The van der Waals surface area contributed by atoms with E-state index in [-0.39, 0.29) is 21.3 Å². The third-order valence-corrected chi connectivity index (χ3v) is 3.48. The zero-order chi connectivity index (χ0) is 11.7. The van der Waals surface area contributed by atoms with Crippen LogP contribution >= 0.6 is 0 Å². The Hall–Kier alpha value is -0.885.